The molecule has 0 aliphatic heterocycles. The van der Waals surface area contributed by atoms with Crippen LogP contribution in [0, 0.1) is 13.8 Å². The molecule has 0 amide bonds. The van der Waals surface area contributed by atoms with Crippen molar-refractivity contribution in [3.63, 3.8) is 0 Å². The van der Waals surface area contributed by atoms with E-state index in [1.807, 2.05) is 19.1 Å². The summed E-state index contributed by atoms with van der Waals surface area (Å²) in [4.78, 5) is 0. The summed E-state index contributed by atoms with van der Waals surface area (Å²) in [6.07, 6.45) is 4.03. The molecule has 0 heterocycles. The first-order chi connectivity index (χ1) is 7.04. The van der Waals surface area contributed by atoms with Crippen LogP contribution in [-0.4, -0.2) is 13.2 Å². The van der Waals surface area contributed by atoms with Gasteiger partial charge in [0, 0.05) is 6.04 Å². The fourth-order valence-corrected chi connectivity index (χ4v) is 1.66. The zero-order valence-corrected chi connectivity index (χ0v) is 9.87. The highest BCUT2D eigenvalue weighted by atomic mass is 16.5. The molecule has 1 atom stereocenters. The van der Waals surface area contributed by atoms with Gasteiger partial charge >= 0.3 is 0 Å². The molecule has 0 bridgehead atoms. The number of rotatable bonds is 3. The molecule has 82 valence electrons. The van der Waals surface area contributed by atoms with E-state index in [2.05, 4.69) is 26.0 Å². The van der Waals surface area contributed by atoms with Crippen LogP contribution in [0.25, 0.3) is 6.08 Å². The third kappa shape index (κ3) is 3.10. The Morgan fingerprint density at radius 1 is 1.27 bits per heavy atom. The Morgan fingerprint density at radius 3 is 2.20 bits per heavy atom. The van der Waals surface area contributed by atoms with Crippen LogP contribution in [0.5, 0.6) is 5.75 Å². The first-order valence-corrected chi connectivity index (χ1v) is 5.13. The topological polar surface area (TPSA) is 35.2 Å². The number of hydrogen-bond acceptors (Lipinski definition) is 2. The summed E-state index contributed by atoms with van der Waals surface area (Å²) in [5.74, 6) is 0.966. The molecule has 0 aliphatic rings. The van der Waals surface area contributed by atoms with Crippen molar-refractivity contribution in [1.82, 2.24) is 0 Å². The van der Waals surface area contributed by atoms with E-state index in [-0.39, 0.29) is 6.04 Å². The van der Waals surface area contributed by atoms with Crippen LogP contribution in [0.15, 0.2) is 18.2 Å². The number of ether oxygens (including phenoxy) is 1. The molecule has 0 saturated carbocycles. The van der Waals surface area contributed by atoms with Crippen LogP contribution in [0.3, 0.4) is 0 Å². The van der Waals surface area contributed by atoms with Gasteiger partial charge in [0.15, 0.2) is 0 Å². The van der Waals surface area contributed by atoms with Crippen molar-refractivity contribution in [2.24, 2.45) is 5.73 Å². The van der Waals surface area contributed by atoms with E-state index >= 15 is 0 Å². The van der Waals surface area contributed by atoms with E-state index in [9.17, 15) is 0 Å². The number of benzene rings is 1. The van der Waals surface area contributed by atoms with Crippen molar-refractivity contribution >= 4 is 6.08 Å². The van der Waals surface area contributed by atoms with Gasteiger partial charge in [0.1, 0.15) is 5.75 Å². The normalized spacial score (nSPS) is 13.1. The summed E-state index contributed by atoms with van der Waals surface area (Å²) >= 11 is 0. The van der Waals surface area contributed by atoms with Crippen molar-refractivity contribution < 1.29 is 4.74 Å². The molecule has 0 aromatic heterocycles. The molecule has 0 spiro atoms. The van der Waals surface area contributed by atoms with Crippen molar-refractivity contribution in [2.45, 2.75) is 26.8 Å². The second-order valence-electron chi connectivity index (χ2n) is 3.91. The minimum Gasteiger partial charge on any atom is -0.496 e. The Hall–Kier alpha value is -1.28. The van der Waals surface area contributed by atoms with Gasteiger partial charge in [-0.05, 0) is 49.6 Å². The lowest BCUT2D eigenvalue weighted by molar-refractivity contribution is 0.408. The summed E-state index contributed by atoms with van der Waals surface area (Å²) in [6, 6.07) is 4.29. The molecular weight excluding hydrogens is 186 g/mol. The smallest absolute Gasteiger partial charge is 0.124 e. The van der Waals surface area contributed by atoms with E-state index in [1.54, 1.807) is 7.11 Å². The molecule has 2 N–H and O–H groups in total. The molecule has 0 saturated heterocycles. The minimum atomic E-state index is 0.0905. The first-order valence-electron chi connectivity index (χ1n) is 5.13. The maximum Gasteiger partial charge on any atom is 0.124 e. The van der Waals surface area contributed by atoms with Gasteiger partial charge in [-0.3, -0.25) is 0 Å². The number of nitrogens with two attached hydrogens (primary N) is 1. The zero-order valence-electron chi connectivity index (χ0n) is 9.87. The van der Waals surface area contributed by atoms with Gasteiger partial charge in [-0.25, -0.2) is 0 Å². The van der Waals surface area contributed by atoms with Gasteiger partial charge in [-0.15, -0.1) is 0 Å². The Bertz CT molecular complexity index is 344. The van der Waals surface area contributed by atoms with Crippen molar-refractivity contribution in [3.05, 3.63) is 34.9 Å². The third-order valence-corrected chi connectivity index (χ3v) is 2.28. The molecule has 1 rings (SSSR count). The first kappa shape index (κ1) is 11.8. The maximum atomic E-state index is 5.66. The van der Waals surface area contributed by atoms with Gasteiger partial charge < -0.3 is 10.5 Å². The lowest BCUT2D eigenvalue weighted by Gasteiger charge is -2.09. The maximum absolute atomic E-state index is 5.66. The van der Waals surface area contributed by atoms with Crippen LogP contribution < -0.4 is 10.5 Å². The highest BCUT2D eigenvalue weighted by Crippen LogP contribution is 2.24. The molecule has 0 aliphatic carbocycles. The van der Waals surface area contributed by atoms with Crippen LogP contribution >= 0.6 is 0 Å². The molecule has 15 heavy (non-hydrogen) atoms. The van der Waals surface area contributed by atoms with Gasteiger partial charge in [0.2, 0.25) is 0 Å². The number of hydrogen-bond donors (Lipinski definition) is 1. The number of aryl methyl sites for hydroxylation is 2. The number of methoxy groups -OCH3 is 1. The summed E-state index contributed by atoms with van der Waals surface area (Å²) in [6.45, 7) is 6.06. The van der Waals surface area contributed by atoms with E-state index in [0.717, 1.165) is 16.9 Å². The second kappa shape index (κ2) is 4.99. The zero-order chi connectivity index (χ0) is 11.4. The fourth-order valence-electron chi connectivity index (χ4n) is 1.66. The summed E-state index contributed by atoms with van der Waals surface area (Å²) in [5, 5.41) is 0. The van der Waals surface area contributed by atoms with Crippen molar-refractivity contribution in [3.8, 4) is 5.75 Å². The molecular formula is C13H19NO. The summed E-state index contributed by atoms with van der Waals surface area (Å²) in [5.41, 5.74) is 9.14. The predicted molar refractivity (Wildman–Crippen MR) is 65.2 cm³/mol. The average Bonchev–Trinajstić information content (AvgIpc) is 2.14. The Labute approximate surface area is 91.7 Å². The second-order valence-corrected chi connectivity index (χ2v) is 3.91. The summed E-state index contributed by atoms with van der Waals surface area (Å²) in [7, 11) is 1.70. The molecule has 1 aromatic carbocycles. The Balaban J connectivity index is 3.03. The largest absolute Gasteiger partial charge is 0.496 e. The monoisotopic (exact) mass is 205 g/mol. The van der Waals surface area contributed by atoms with Gasteiger partial charge in [-0.1, -0.05) is 12.2 Å². The van der Waals surface area contributed by atoms with E-state index in [1.165, 1.54) is 5.56 Å². The van der Waals surface area contributed by atoms with Gasteiger partial charge in [-0.2, -0.15) is 0 Å². The van der Waals surface area contributed by atoms with Crippen LogP contribution in [0.4, 0.5) is 0 Å². The molecule has 1 unspecified atom stereocenters. The minimum absolute atomic E-state index is 0.0905. The summed E-state index contributed by atoms with van der Waals surface area (Å²) < 4.78 is 5.31. The molecule has 0 radical (unpaired) electrons. The SMILES string of the molecule is COc1c(C)cc(/C=C/C(C)N)cc1C. The highest BCUT2D eigenvalue weighted by molar-refractivity contribution is 5.56. The fraction of sp³-hybridized carbons (Fsp3) is 0.385. The average molecular weight is 205 g/mol. The predicted octanol–water partition coefficient (Wildman–Crippen LogP) is 2.67. The lowest BCUT2D eigenvalue weighted by Crippen LogP contribution is -2.09. The third-order valence-electron chi connectivity index (χ3n) is 2.28. The van der Waals surface area contributed by atoms with Crippen molar-refractivity contribution in [2.75, 3.05) is 7.11 Å². The van der Waals surface area contributed by atoms with Crippen molar-refractivity contribution in [1.29, 1.82) is 0 Å². The van der Waals surface area contributed by atoms with E-state index in [0.29, 0.717) is 0 Å². The van der Waals surface area contributed by atoms with E-state index < -0.39 is 0 Å². The molecule has 1 aromatic rings. The van der Waals surface area contributed by atoms with Gasteiger partial charge in [0.05, 0.1) is 7.11 Å². The highest BCUT2D eigenvalue weighted by Gasteiger charge is 2.03. The van der Waals surface area contributed by atoms with E-state index in [4.69, 9.17) is 10.5 Å². The molecule has 2 nitrogen and oxygen atoms in total. The van der Waals surface area contributed by atoms with Crippen LogP contribution in [0.2, 0.25) is 0 Å². The quantitative estimate of drug-likeness (QED) is 0.823. The Kier molecular flexibility index (Phi) is 3.92. The van der Waals surface area contributed by atoms with Gasteiger partial charge in [0.25, 0.3) is 0 Å². The standard InChI is InChI=1S/C13H19NO/c1-9-7-12(6-5-11(3)14)8-10(2)13(9)15-4/h5-8,11H,14H2,1-4H3/b6-5+. The lowest BCUT2D eigenvalue weighted by atomic mass is 10.0. The van der Waals surface area contributed by atoms with Crippen LogP contribution in [-0.2, 0) is 0 Å². The molecule has 0 fully saturated rings. The molecule has 2 heteroatoms. The van der Waals surface area contributed by atoms with Crippen LogP contribution in [0.1, 0.15) is 23.6 Å². The Morgan fingerprint density at radius 2 is 1.80 bits per heavy atom.